The summed E-state index contributed by atoms with van der Waals surface area (Å²) in [6, 6.07) is 0.341. The van der Waals surface area contributed by atoms with Crippen LogP contribution in [0.1, 0.15) is 25.7 Å². The smallest absolute Gasteiger partial charge is 0.268 e. The predicted molar refractivity (Wildman–Crippen MR) is 48.4 cm³/mol. The Balaban J connectivity index is 1.58. The standard InChI is InChI=1S/C9H11N3O2/c13-7-3-5(11-12-7)8(14)10-6-4-9(6)1-2-9/h6H,1-4H2,(H,10,14)(H,12,13). The van der Waals surface area contributed by atoms with Gasteiger partial charge in [-0.3, -0.25) is 9.59 Å². The van der Waals surface area contributed by atoms with Crippen molar-refractivity contribution in [1.82, 2.24) is 10.7 Å². The maximum atomic E-state index is 11.5. The summed E-state index contributed by atoms with van der Waals surface area (Å²) < 4.78 is 0. The van der Waals surface area contributed by atoms with Crippen molar-refractivity contribution >= 4 is 17.5 Å². The van der Waals surface area contributed by atoms with Crippen LogP contribution in [0, 0.1) is 5.41 Å². The fourth-order valence-corrected chi connectivity index (χ4v) is 2.00. The van der Waals surface area contributed by atoms with Gasteiger partial charge in [0, 0.05) is 6.04 Å². The number of amides is 2. The van der Waals surface area contributed by atoms with Crippen molar-refractivity contribution in [1.29, 1.82) is 0 Å². The van der Waals surface area contributed by atoms with Gasteiger partial charge in [0.2, 0.25) is 5.91 Å². The van der Waals surface area contributed by atoms with Crippen molar-refractivity contribution in [3.8, 4) is 0 Å². The van der Waals surface area contributed by atoms with Gasteiger partial charge in [-0.15, -0.1) is 0 Å². The topological polar surface area (TPSA) is 70.6 Å². The Morgan fingerprint density at radius 1 is 1.57 bits per heavy atom. The van der Waals surface area contributed by atoms with E-state index in [2.05, 4.69) is 15.8 Å². The molecule has 0 bridgehead atoms. The number of carbonyl (C=O) groups excluding carboxylic acids is 2. The van der Waals surface area contributed by atoms with Crippen LogP contribution < -0.4 is 10.7 Å². The molecule has 1 unspecified atom stereocenters. The highest BCUT2D eigenvalue weighted by Gasteiger charge is 2.63. The first-order chi connectivity index (χ1) is 6.70. The lowest BCUT2D eigenvalue weighted by atomic mass is 10.2. The minimum absolute atomic E-state index is 0.117. The lowest BCUT2D eigenvalue weighted by Gasteiger charge is -2.01. The third-order valence-electron chi connectivity index (χ3n) is 3.29. The Hall–Kier alpha value is -1.39. The largest absolute Gasteiger partial charge is 0.348 e. The molecule has 5 nitrogen and oxygen atoms in total. The molecule has 3 rings (SSSR count). The van der Waals surface area contributed by atoms with Gasteiger partial charge in [-0.25, -0.2) is 5.43 Å². The second kappa shape index (κ2) is 2.34. The van der Waals surface area contributed by atoms with Gasteiger partial charge in [-0.05, 0) is 24.7 Å². The van der Waals surface area contributed by atoms with Crippen LogP contribution in [0.15, 0.2) is 5.10 Å². The molecule has 0 saturated heterocycles. The molecule has 1 heterocycles. The van der Waals surface area contributed by atoms with E-state index >= 15 is 0 Å². The molecule has 2 saturated carbocycles. The molecule has 3 aliphatic rings. The summed E-state index contributed by atoms with van der Waals surface area (Å²) in [5.74, 6) is -0.385. The third kappa shape index (κ3) is 1.12. The van der Waals surface area contributed by atoms with E-state index in [1.165, 1.54) is 12.8 Å². The number of nitrogens with zero attached hydrogens (tertiary/aromatic N) is 1. The fraction of sp³-hybridized carbons (Fsp3) is 0.667. The first-order valence-electron chi connectivity index (χ1n) is 4.86. The fourth-order valence-electron chi connectivity index (χ4n) is 2.00. The first-order valence-corrected chi connectivity index (χ1v) is 4.86. The Morgan fingerprint density at radius 3 is 2.86 bits per heavy atom. The van der Waals surface area contributed by atoms with Crippen LogP contribution in [0.4, 0.5) is 0 Å². The van der Waals surface area contributed by atoms with Crippen LogP contribution in [0.25, 0.3) is 0 Å². The average Bonchev–Trinajstić information content (AvgIpc) is 3.01. The molecule has 14 heavy (non-hydrogen) atoms. The zero-order chi connectivity index (χ0) is 9.76. The number of rotatable bonds is 2. The Morgan fingerprint density at radius 2 is 2.36 bits per heavy atom. The van der Waals surface area contributed by atoms with Gasteiger partial charge in [0.25, 0.3) is 5.91 Å². The zero-order valence-electron chi connectivity index (χ0n) is 7.67. The highest BCUT2D eigenvalue weighted by Crippen LogP contribution is 2.65. The average molecular weight is 193 g/mol. The van der Waals surface area contributed by atoms with Gasteiger partial charge < -0.3 is 5.32 Å². The van der Waals surface area contributed by atoms with E-state index in [0.717, 1.165) is 6.42 Å². The summed E-state index contributed by atoms with van der Waals surface area (Å²) in [6.45, 7) is 0. The number of hydrogen-bond donors (Lipinski definition) is 2. The lowest BCUT2D eigenvalue weighted by Crippen LogP contribution is -2.33. The molecular weight excluding hydrogens is 182 g/mol. The molecule has 0 radical (unpaired) electrons. The minimum atomic E-state index is -0.202. The number of hydrogen-bond acceptors (Lipinski definition) is 3. The Labute approximate surface area is 80.9 Å². The molecule has 1 aliphatic heterocycles. The molecule has 2 aliphatic carbocycles. The Bertz CT molecular complexity index is 357. The maximum absolute atomic E-state index is 11.5. The van der Waals surface area contributed by atoms with E-state index in [0.29, 0.717) is 17.2 Å². The quantitative estimate of drug-likeness (QED) is 0.622. The van der Waals surface area contributed by atoms with Crippen molar-refractivity contribution in [3.63, 3.8) is 0 Å². The summed E-state index contributed by atoms with van der Waals surface area (Å²) in [6.07, 6.45) is 3.70. The monoisotopic (exact) mass is 193 g/mol. The van der Waals surface area contributed by atoms with Gasteiger partial charge in [-0.2, -0.15) is 5.10 Å². The molecule has 1 atom stereocenters. The molecule has 1 spiro atoms. The van der Waals surface area contributed by atoms with E-state index in [-0.39, 0.29) is 18.2 Å². The summed E-state index contributed by atoms with van der Waals surface area (Å²) in [5.41, 5.74) is 3.04. The normalized spacial score (nSPS) is 31.0. The molecular formula is C9H11N3O2. The molecule has 5 heteroatoms. The van der Waals surface area contributed by atoms with E-state index in [1.807, 2.05) is 0 Å². The van der Waals surface area contributed by atoms with Crippen LogP contribution in [-0.2, 0) is 9.59 Å². The first kappa shape index (κ1) is 7.96. The van der Waals surface area contributed by atoms with Crippen molar-refractivity contribution in [3.05, 3.63) is 0 Å². The van der Waals surface area contributed by atoms with Crippen LogP contribution in [-0.4, -0.2) is 23.6 Å². The Kier molecular flexibility index (Phi) is 1.33. The van der Waals surface area contributed by atoms with Crippen LogP contribution in [0.3, 0.4) is 0 Å². The molecule has 0 aromatic rings. The van der Waals surface area contributed by atoms with E-state index in [4.69, 9.17) is 0 Å². The second-order valence-electron chi connectivity index (χ2n) is 4.36. The van der Waals surface area contributed by atoms with Crippen molar-refractivity contribution in [2.45, 2.75) is 31.7 Å². The second-order valence-corrected chi connectivity index (χ2v) is 4.36. The molecule has 0 aromatic carbocycles. The lowest BCUT2D eigenvalue weighted by molar-refractivity contribution is -0.120. The zero-order valence-corrected chi connectivity index (χ0v) is 7.67. The summed E-state index contributed by atoms with van der Waals surface area (Å²) >= 11 is 0. The van der Waals surface area contributed by atoms with E-state index < -0.39 is 0 Å². The van der Waals surface area contributed by atoms with Crippen molar-refractivity contribution in [2.24, 2.45) is 10.5 Å². The summed E-state index contributed by atoms with van der Waals surface area (Å²) in [4.78, 5) is 22.3. The van der Waals surface area contributed by atoms with Crippen LogP contribution in [0.2, 0.25) is 0 Å². The van der Waals surface area contributed by atoms with Gasteiger partial charge >= 0.3 is 0 Å². The SMILES string of the molecule is O=C1CC(C(=O)NC2CC23CC3)=NN1. The summed E-state index contributed by atoms with van der Waals surface area (Å²) in [7, 11) is 0. The maximum Gasteiger partial charge on any atom is 0.268 e. The highest BCUT2D eigenvalue weighted by atomic mass is 16.2. The van der Waals surface area contributed by atoms with Crippen LogP contribution in [0.5, 0.6) is 0 Å². The molecule has 74 valence electrons. The van der Waals surface area contributed by atoms with Gasteiger partial charge in [0.1, 0.15) is 5.71 Å². The predicted octanol–water partition coefficient (Wildman–Crippen LogP) is -0.469. The molecule has 0 aromatic heterocycles. The third-order valence-corrected chi connectivity index (χ3v) is 3.29. The van der Waals surface area contributed by atoms with Crippen molar-refractivity contribution < 1.29 is 9.59 Å². The van der Waals surface area contributed by atoms with Gasteiger partial charge in [-0.1, -0.05) is 0 Å². The number of carbonyl (C=O) groups is 2. The van der Waals surface area contributed by atoms with Crippen LogP contribution >= 0.6 is 0 Å². The minimum Gasteiger partial charge on any atom is -0.348 e. The van der Waals surface area contributed by atoms with Gasteiger partial charge in [0.15, 0.2) is 0 Å². The molecule has 2 N–H and O–H groups in total. The number of nitrogens with one attached hydrogen (secondary N) is 2. The highest BCUT2D eigenvalue weighted by molar-refractivity contribution is 6.43. The number of hydrazone groups is 1. The molecule has 2 amide bonds. The van der Waals surface area contributed by atoms with Gasteiger partial charge in [0.05, 0.1) is 6.42 Å². The van der Waals surface area contributed by atoms with E-state index in [9.17, 15) is 9.59 Å². The molecule has 2 fully saturated rings. The summed E-state index contributed by atoms with van der Waals surface area (Å²) in [5, 5.41) is 6.58. The van der Waals surface area contributed by atoms with E-state index in [1.54, 1.807) is 0 Å². The van der Waals surface area contributed by atoms with Crippen molar-refractivity contribution in [2.75, 3.05) is 0 Å².